The average molecular weight is 319 g/mol. The monoisotopic (exact) mass is 318 g/mol. The predicted octanol–water partition coefficient (Wildman–Crippen LogP) is 3.55. The molecule has 21 heavy (non-hydrogen) atoms. The molecule has 0 N–H and O–H groups in total. The van der Waals surface area contributed by atoms with Crippen LogP contribution in [0.4, 0.5) is 8.78 Å². The maximum atomic E-state index is 12.3. The lowest BCUT2D eigenvalue weighted by molar-refractivity contribution is -0.0502. The topological polar surface area (TPSA) is 27.7 Å². The van der Waals surface area contributed by atoms with Gasteiger partial charge in [0.1, 0.15) is 5.75 Å². The Morgan fingerprint density at radius 2 is 1.67 bits per heavy atom. The van der Waals surface area contributed by atoms with E-state index in [0.717, 1.165) is 0 Å². The number of aryl methyl sites for hydroxylation is 1. The Balaban J connectivity index is 2.32. The van der Waals surface area contributed by atoms with Crippen molar-refractivity contribution in [1.29, 1.82) is 0 Å². The van der Waals surface area contributed by atoms with Crippen LogP contribution in [-0.4, -0.2) is 24.9 Å². The van der Waals surface area contributed by atoms with Crippen LogP contribution in [0.3, 0.4) is 0 Å². The van der Waals surface area contributed by atoms with E-state index >= 15 is 0 Å². The van der Waals surface area contributed by atoms with Gasteiger partial charge in [0.05, 0.1) is 11.2 Å². The third-order valence-electron chi connectivity index (χ3n) is 4.02. The van der Waals surface area contributed by atoms with Crippen LogP contribution < -0.4 is 10.2 Å². The van der Waals surface area contributed by atoms with Crippen molar-refractivity contribution in [2.45, 2.75) is 52.4 Å². The van der Waals surface area contributed by atoms with Crippen LogP contribution in [0, 0.1) is 6.92 Å². The Hall–Kier alpha value is -0.845. The number of halogens is 3. The first-order valence-electron chi connectivity index (χ1n) is 6.64. The summed E-state index contributed by atoms with van der Waals surface area (Å²) in [5, 5.41) is 0.273. The second-order valence-corrected chi connectivity index (χ2v) is 6.51. The number of alkyl halides is 2. The molecule has 1 aliphatic heterocycles. The number of ether oxygens (including phenoxy) is 1. The van der Waals surface area contributed by atoms with E-state index in [1.54, 1.807) is 13.0 Å². The van der Waals surface area contributed by atoms with Crippen molar-refractivity contribution in [3.05, 3.63) is 22.7 Å². The quantitative estimate of drug-likeness (QED) is 0.798. The Bertz CT molecular complexity index is 533. The van der Waals surface area contributed by atoms with E-state index in [0.29, 0.717) is 11.0 Å². The fraction of sp³-hybridized carbons (Fsp3) is 0.571. The standard InChI is InChI=1S/C14H18BClF2O3/c1-8-6-9(10(16)7-11(8)19-12(17)18)15-20-13(2,3)14(4,5)21-15/h6-7,12H,1-5H3. The van der Waals surface area contributed by atoms with E-state index in [2.05, 4.69) is 4.74 Å². The van der Waals surface area contributed by atoms with E-state index in [1.807, 2.05) is 27.7 Å². The maximum Gasteiger partial charge on any atom is 0.496 e. The second-order valence-electron chi connectivity index (χ2n) is 6.11. The van der Waals surface area contributed by atoms with Gasteiger partial charge in [-0.05, 0) is 46.2 Å². The second kappa shape index (κ2) is 5.41. The van der Waals surface area contributed by atoms with Gasteiger partial charge in [0.25, 0.3) is 0 Å². The molecule has 116 valence electrons. The molecule has 1 saturated heterocycles. The van der Waals surface area contributed by atoms with Gasteiger partial charge < -0.3 is 14.0 Å². The SMILES string of the molecule is Cc1cc(B2OC(C)(C)C(C)(C)O2)c(Cl)cc1OC(F)F. The molecular formula is C14H18BClF2O3. The summed E-state index contributed by atoms with van der Waals surface area (Å²) in [5.41, 5.74) is 0.166. The van der Waals surface area contributed by atoms with Gasteiger partial charge in [-0.15, -0.1) is 0 Å². The molecule has 1 aromatic rings. The smallest absolute Gasteiger partial charge is 0.435 e. The van der Waals surface area contributed by atoms with Crippen LogP contribution >= 0.6 is 11.6 Å². The molecule has 1 aromatic carbocycles. The molecule has 7 heteroatoms. The average Bonchev–Trinajstić information content (AvgIpc) is 2.52. The molecule has 0 saturated carbocycles. The van der Waals surface area contributed by atoms with Crippen LogP contribution in [0.2, 0.25) is 5.02 Å². The third kappa shape index (κ3) is 3.17. The summed E-state index contributed by atoms with van der Waals surface area (Å²) >= 11 is 6.17. The van der Waals surface area contributed by atoms with Gasteiger partial charge in [-0.2, -0.15) is 8.78 Å². The zero-order valence-corrected chi connectivity index (χ0v) is 13.4. The fourth-order valence-corrected chi connectivity index (χ4v) is 2.30. The van der Waals surface area contributed by atoms with Gasteiger partial charge in [-0.1, -0.05) is 17.7 Å². The molecule has 2 rings (SSSR count). The lowest BCUT2D eigenvalue weighted by Crippen LogP contribution is -2.41. The molecule has 0 amide bonds. The minimum atomic E-state index is -2.89. The molecule has 1 fully saturated rings. The van der Waals surface area contributed by atoms with Crippen LogP contribution in [0.1, 0.15) is 33.3 Å². The molecular weight excluding hydrogens is 300 g/mol. The lowest BCUT2D eigenvalue weighted by Gasteiger charge is -2.32. The first-order valence-corrected chi connectivity index (χ1v) is 7.02. The summed E-state index contributed by atoms with van der Waals surface area (Å²) in [5.74, 6) is 0.0512. The number of benzene rings is 1. The summed E-state index contributed by atoms with van der Waals surface area (Å²) in [6.07, 6.45) is 0. The first kappa shape index (κ1) is 16.5. The van der Waals surface area contributed by atoms with Crippen LogP contribution in [0.25, 0.3) is 0 Å². The van der Waals surface area contributed by atoms with Crippen LogP contribution in [0.5, 0.6) is 5.75 Å². The first-order chi connectivity index (χ1) is 9.53. The zero-order chi connectivity index (χ0) is 16.0. The van der Waals surface area contributed by atoms with E-state index in [1.165, 1.54) is 6.07 Å². The van der Waals surface area contributed by atoms with Crippen LogP contribution in [-0.2, 0) is 9.31 Å². The highest BCUT2D eigenvalue weighted by molar-refractivity contribution is 6.65. The van der Waals surface area contributed by atoms with Crippen molar-refractivity contribution in [2.75, 3.05) is 0 Å². The molecule has 1 aliphatic rings. The van der Waals surface area contributed by atoms with Crippen molar-refractivity contribution in [2.24, 2.45) is 0 Å². The van der Waals surface area contributed by atoms with Crippen molar-refractivity contribution < 1.29 is 22.8 Å². The highest BCUT2D eigenvalue weighted by atomic mass is 35.5. The third-order valence-corrected chi connectivity index (χ3v) is 4.34. The van der Waals surface area contributed by atoms with E-state index in [4.69, 9.17) is 20.9 Å². The van der Waals surface area contributed by atoms with Crippen molar-refractivity contribution in [1.82, 2.24) is 0 Å². The lowest BCUT2D eigenvalue weighted by atomic mass is 9.78. The van der Waals surface area contributed by atoms with E-state index in [9.17, 15) is 8.78 Å². The van der Waals surface area contributed by atoms with Gasteiger partial charge >= 0.3 is 13.7 Å². The Kier molecular flexibility index (Phi) is 4.26. The molecule has 0 spiro atoms. The molecule has 0 radical (unpaired) electrons. The van der Waals surface area contributed by atoms with Gasteiger partial charge in [-0.3, -0.25) is 0 Å². The van der Waals surface area contributed by atoms with Crippen LogP contribution in [0.15, 0.2) is 12.1 Å². The highest BCUT2D eigenvalue weighted by Gasteiger charge is 2.52. The molecule has 0 atom stereocenters. The van der Waals surface area contributed by atoms with Crippen molar-refractivity contribution >= 4 is 24.2 Å². The number of hydrogen-bond acceptors (Lipinski definition) is 3. The van der Waals surface area contributed by atoms with Crippen molar-refractivity contribution in [3.8, 4) is 5.75 Å². The predicted molar refractivity (Wildman–Crippen MR) is 78.5 cm³/mol. The zero-order valence-electron chi connectivity index (χ0n) is 12.7. The highest BCUT2D eigenvalue weighted by Crippen LogP contribution is 2.37. The molecule has 1 heterocycles. The van der Waals surface area contributed by atoms with E-state index < -0.39 is 24.9 Å². The largest absolute Gasteiger partial charge is 0.496 e. The van der Waals surface area contributed by atoms with Crippen molar-refractivity contribution in [3.63, 3.8) is 0 Å². The summed E-state index contributed by atoms with van der Waals surface area (Å²) < 4.78 is 40.9. The Morgan fingerprint density at radius 3 is 2.14 bits per heavy atom. The number of hydrogen-bond donors (Lipinski definition) is 0. The normalized spacial score (nSPS) is 20.1. The summed E-state index contributed by atoms with van der Waals surface area (Å²) in [6, 6.07) is 3.02. The molecule has 0 unspecified atom stereocenters. The maximum absolute atomic E-state index is 12.3. The minimum Gasteiger partial charge on any atom is -0.435 e. The fourth-order valence-electron chi connectivity index (χ4n) is 2.06. The number of rotatable bonds is 3. The summed E-state index contributed by atoms with van der Waals surface area (Å²) in [7, 11) is -0.637. The minimum absolute atomic E-state index is 0.0512. The van der Waals surface area contributed by atoms with Gasteiger partial charge in [-0.25, -0.2) is 0 Å². The van der Waals surface area contributed by atoms with Gasteiger partial charge in [0.2, 0.25) is 0 Å². The molecule has 0 bridgehead atoms. The van der Waals surface area contributed by atoms with Gasteiger partial charge in [0.15, 0.2) is 0 Å². The Labute approximate surface area is 128 Å². The summed E-state index contributed by atoms with van der Waals surface area (Å²) in [6.45, 7) is 6.51. The Morgan fingerprint density at radius 1 is 1.14 bits per heavy atom. The van der Waals surface area contributed by atoms with E-state index in [-0.39, 0.29) is 10.8 Å². The molecule has 0 aromatic heterocycles. The van der Waals surface area contributed by atoms with Gasteiger partial charge in [0, 0.05) is 10.5 Å². The molecule has 0 aliphatic carbocycles. The summed E-state index contributed by atoms with van der Waals surface area (Å²) in [4.78, 5) is 0. The molecule has 3 nitrogen and oxygen atoms in total.